The lowest BCUT2D eigenvalue weighted by molar-refractivity contribution is -0.123. The summed E-state index contributed by atoms with van der Waals surface area (Å²) in [4.78, 5) is 11.7. The van der Waals surface area contributed by atoms with E-state index in [1.807, 2.05) is 20.8 Å². The third-order valence-electron chi connectivity index (χ3n) is 3.02. The molecule has 1 unspecified atom stereocenters. The van der Waals surface area contributed by atoms with Crippen molar-refractivity contribution in [3.8, 4) is 0 Å². The lowest BCUT2D eigenvalue weighted by atomic mass is 9.92. The third-order valence-corrected chi connectivity index (χ3v) is 4.45. The summed E-state index contributed by atoms with van der Waals surface area (Å²) in [5.41, 5.74) is -0.342. The van der Waals surface area contributed by atoms with Crippen molar-refractivity contribution in [2.24, 2.45) is 11.3 Å². The predicted molar refractivity (Wildman–Crippen MR) is 64.3 cm³/mol. The van der Waals surface area contributed by atoms with Crippen LogP contribution in [0, 0.1) is 11.3 Å². The summed E-state index contributed by atoms with van der Waals surface area (Å²) in [7, 11) is -0.936. The van der Waals surface area contributed by atoms with E-state index >= 15 is 0 Å². The maximum atomic E-state index is 11.7. The highest BCUT2D eigenvalue weighted by Gasteiger charge is 2.25. The topological polar surface area (TPSA) is 34.1 Å². The molecule has 1 fully saturated rings. The maximum Gasteiger partial charge on any atom is 0.150 e. The lowest BCUT2D eigenvalue weighted by Gasteiger charge is -2.16. The summed E-state index contributed by atoms with van der Waals surface area (Å²) >= 11 is 0. The fourth-order valence-electron chi connectivity index (χ4n) is 1.86. The fourth-order valence-corrected chi connectivity index (χ4v) is 3.56. The normalized spacial score (nSPS) is 20.5. The minimum Gasteiger partial charge on any atom is -0.298 e. The molecule has 0 radical (unpaired) electrons. The van der Waals surface area contributed by atoms with Crippen molar-refractivity contribution in [2.75, 3.05) is 11.5 Å². The molecular formula is C12H22O2S. The standard InChI is InChI=1S/C12H22O2S/c1-12(2,3)11(13)9-15(14)8-10-6-4-5-7-10/h10H,4-9H2,1-3H3. The Hall–Kier alpha value is -0.180. The first-order chi connectivity index (χ1) is 6.89. The van der Waals surface area contributed by atoms with Crippen LogP contribution in [-0.4, -0.2) is 21.5 Å². The highest BCUT2D eigenvalue weighted by atomic mass is 32.2. The van der Waals surface area contributed by atoms with Crippen LogP contribution in [0.2, 0.25) is 0 Å². The third kappa shape index (κ3) is 4.45. The Bertz CT molecular complexity index is 247. The van der Waals surface area contributed by atoms with E-state index in [4.69, 9.17) is 0 Å². The molecule has 0 N–H and O–H groups in total. The monoisotopic (exact) mass is 230 g/mol. The number of rotatable bonds is 4. The molecule has 1 aliphatic carbocycles. The van der Waals surface area contributed by atoms with E-state index in [1.165, 1.54) is 25.7 Å². The molecule has 88 valence electrons. The van der Waals surface area contributed by atoms with Crippen molar-refractivity contribution in [2.45, 2.75) is 46.5 Å². The van der Waals surface area contributed by atoms with Crippen LogP contribution in [0.5, 0.6) is 0 Å². The fraction of sp³-hybridized carbons (Fsp3) is 0.917. The summed E-state index contributed by atoms with van der Waals surface area (Å²) in [5, 5.41) is 0. The van der Waals surface area contributed by atoms with Gasteiger partial charge in [-0.2, -0.15) is 0 Å². The highest BCUT2D eigenvalue weighted by molar-refractivity contribution is 7.85. The van der Waals surface area contributed by atoms with E-state index in [9.17, 15) is 9.00 Å². The zero-order chi connectivity index (χ0) is 11.5. The first-order valence-corrected chi connectivity index (χ1v) is 7.26. The lowest BCUT2D eigenvalue weighted by Crippen LogP contribution is -2.27. The Kier molecular flexibility index (Phi) is 4.50. The molecular weight excluding hydrogens is 208 g/mol. The SMILES string of the molecule is CC(C)(C)C(=O)CS(=O)CC1CCCC1. The van der Waals surface area contributed by atoms with Gasteiger partial charge in [-0.25, -0.2) is 0 Å². The van der Waals surface area contributed by atoms with Gasteiger partial charge in [0.25, 0.3) is 0 Å². The van der Waals surface area contributed by atoms with E-state index < -0.39 is 10.8 Å². The molecule has 0 aromatic carbocycles. The van der Waals surface area contributed by atoms with E-state index in [2.05, 4.69) is 0 Å². The maximum absolute atomic E-state index is 11.7. The molecule has 15 heavy (non-hydrogen) atoms. The first kappa shape index (κ1) is 12.9. The summed E-state index contributed by atoms with van der Waals surface area (Å²) in [6, 6.07) is 0. The van der Waals surface area contributed by atoms with E-state index in [-0.39, 0.29) is 17.0 Å². The van der Waals surface area contributed by atoms with Crippen LogP contribution in [0.4, 0.5) is 0 Å². The zero-order valence-electron chi connectivity index (χ0n) is 10.0. The summed E-state index contributed by atoms with van der Waals surface area (Å²) < 4.78 is 11.7. The summed E-state index contributed by atoms with van der Waals surface area (Å²) in [6.45, 7) is 5.67. The molecule has 0 spiro atoms. The Morgan fingerprint density at radius 2 is 1.80 bits per heavy atom. The summed E-state index contributed by atoms with van der Waals surface area (Å²) in [5.74, 6) is 1.72. The van der Waals surface area contributed by atoms with Gasteiger partial charge in [0, 0.05) is 22.0 Å². The average Bonchev–Trinajstić information content (AvgIpc) is 2.54. The molecule has 0 heterocycles. The number of carbonyl (C=O) groups excluding carboxylic acids is 1. The summed E-state index contributed by atoms with van der Waals surface area (Å²) in [6.07, 6.45) is 4.95. The van der Waals surface area contributed by atoms with Crippen LogP contribution in [0.1, 0.15) is 46.5 Å². The van der Waals surface area contributed by atoms with E-state index in [0.29, 0.717) is 5.92 Å². The van der Waals surface area contributed by atoms with Crippen molar-refractivity contribution < 1.29 is 9.00 Å². The van der Waals surface area contributed by atoms with Crippen molar-refractivity contribution in [1.29, 1.82) is 0 Å². The Morgan fingerprint density at radius 3 is 2.27 bits per heavy atom. The molecule has 1 saturated carbocycles. The van der Waals surface area contributed by atoms with Gasteiger partial charge in [0.05, 0.1) is 5.75 Å². The first-order valence-electron chi connectivity index (χ1n) is 5.78. The van der Waals surface area contributed by atoms with Crippen molar-refractivity contribution in [1.82, 2.24) is 0 Å². The van der Waals surface area contributed by atoms with Gasteiger partial charge in [-0.05, 0) is 18.8 Å². The number of Topliss-reactive ketones (excluding diaryl/α,β-unsaturated/α-hetero) is 1. The van der Waals surface area contributed by atoms with Crippen LogP contribution >= 0.6 is 0 Å². The van der Waals surface area contributed by atoms with Crippen molar-refractivity contribution in [3.63, 3.8) is 0 Å². The van der Waals surface area contributed by atoms with Gasteiger partial charge in [0.2, 0.25) is 0 Å². The van der Waals surface area contributed by atoms with Gasteiger partial charge in [0.1, 0.15) is 0 Å². The highest BCUT2D eigenvalue weighted by Crippen LogP contribution is 2.25. The molecule has 0 aromatic rings. The van der Waals surface area contributed by atoms with Gasteiger partial charge in [-0.15, -0.1) is 0 Å². The predicted octanol–water partition coefficient (Wildman–Crippen LogP) is 2.54. The average molecular weight is 230 g/mol. The van der Waals surface area contributed by atoms with Gasteiger partial charge >= 0.3 is 0 Å². The molecule has 0 amide bonds. The van der Waals surface area contributed by atoms with Crippen molar-refractivity contribution >= 4 is 16.6 Å². The minimum atomic E-state index is -0.936. The van der Waals surface area contributed by atoms with Gasteiger partial charge in [-0.1, -0.05) is 33.6 Å². The molecule has 0 bridgehead atoms. The quantitative estimate of drug-likeness (QED) is 0.744. The zero-order valence-corrected chi connectivity index (χ0v) is 10.9. The van der Waals surface area contributed by atoms with Gasteiger partial charge < -0.3 is 0 Å². The largest absolute Gasteiger partial charge is 0.298 e. The molecule has 0 saturated heterocycles. The van der Waals surface area contributed by atoms with Crippen LogP contribution in [0.3, 0.4) is 0 Å². The number of hydrogen-bond donors (Lipinski definition) is 0. The Morgan fingerprint density at radius 1 is 1.27 bits per heavy atom. The van der Waals surface area contributed by atoms with Gasteiger partial charge in [-0.3, -0.25) is 9.00 Å². The smallest absolute Gasteiger partial charge is 0.150 e. The Labute approximate surface area is 95.3 Å². The van der Waals surface area contributed by atoms with E-state index in [0.717, 1.165) is 5.75 Å². The minimum absolute atomic E-state index is 0.124. The Balaban J connectivity index is 2.32. The van der Waals surface area contributed by atoms with Crippen molar-refractivity contribution in [3.05, 3.63) is 0 Å². The molecule has 1 atom stereocenters. The second-order valence-electron chi connectivity index (χ2n) is 5.57. The second kappa shape index (κ2) is 5.24. The van der Waals surface area contributed by atoms with Crippen LogP contribution in [0.25, 0.3) is 0 Å². The molecule has 0 aliphatic heterocycles. The van der Waals surface area contributed by atoms with Gasteiger partial charge in [0.15, 0.2) is 5.78 Å². The number of ketones is 1. The number of hydrogen-bond acceptors (Lipinski definition) is 2. The molecule has 1 rings (SSSR count). The molecule has 2 nitrogen and oxygen atoms in total. The number of carbonyl (C=O) groups is 1. The molecule has 3 heteroatoms. The van der Waals surface area contributed by atoms with Crippen LogP contribution in [0.15, 0.2) is 0 Å². The van der Waals surface area contributed by atoms with E-state index in [1.54, 1.807) is 0 Å². The van der Waals surface area contributed by atoms with Crippen LogP contribution in [-0.2, 0) is 15.6 Å². The van der Waals surface area contributed by atoms with Crippen LogP contribution < -0.4 is 0 Å². The molecule has 0 aromatic heterocycles. The second-order valence-corrected chi connectivity index (χ2v) is 7.08. The molecule has 1 aliphatic rings.